The number of hydrogen-bond acceptors (Lipinski definition) is 3. The van der Waals surface area contributed by atoms with Crippen molar-refractivity contribution in [1.82, 2.24) is 15.1 Å². The number of carbonyl (C=O) groups is 1. The normalized spacial score (nSPS) is 10.7. The molecule has 0 unspecified atom stereocenters. The van der Waals surface area contributed by atoms with E-state index in [1.165, 1.54) is 4.88 Å². The van der Waals surface area contributed by atoms with Crippen LogP contribution < -0.4 is 5.32 Å². The second kappa shape index (κ2) is 11.4. The average molecular weight is 450 g/mol. The molecule has 1 amide bonds. The van der Waals surface area contributed by atoms with Gasteiger partial charge in [-0.2, -0.15) is 0 Å². The molecule has 0 radical (unpaired) electrons. The molecule has 130 valence electrons. The predicted octanol–water partition coefficient (Wildman–Crippen LogP) is 2.45. The molecule has 0 aliphatic rings. The van der Waals surface area contributed by atoms with Crippen molar-refractivity contribution in [3.8, 4) is 0 Å². The molecule has 0 saturated carbocycles. The molecule has 0 spiro atoms. The molecule has 0 saturated heterocycles. The lowest BCUT2D eigenvalue weighted by atomic mass is 10.3. The molecule has 1 N–H and O–H groups in total. The molecule has 0 atom stereocenters. The molecule has 23 heavy (non-hydrogen) atoms. The molecular weight excluding hydrogens is 423 g/mol. The average Bonchev–Trinajstić information content (AvgIpc) is 2.97. The van der Waals surface area contributed by atoms with Gasteiger partial charge in [-0.25, -0.2) is 4.99 Å². The molecule has 5 nitrogen and oxygen atoms in total. The first kappa shape index (κ1) is 21.9. The smallest absolute Gasteiger partial charge is 0.243 e. The lowest BCUT2D eigenvalue weighted by molar-refractivity contribution is -0.127. The Hall–Kier alpha value is -1.09. The molecule has 1 aromatic heterocycles. The highest BCUT2D eigenvalue weighted by Gasteiger charge is 2.09. The van der Waals surface area contributed by atoms with Gasteiger partial charge in [0, 0.05) is 39.1 Å². The van der Waals surface area contributed by atoms with Crippen molar-refractivity contribution in [2.75, 3.05) is 40.8 Å². The van der Waals surface area contributed by atoms with Crippen LogP contribution in [0.1, 0.15) is 11.8 Å². The quantitative estimate of drug-likeness (QED) is 0.301. The van der Waals surface area contributed by atoms with Gasteiger partial charge in [0.2, 0.25) is 5.91 Å². The fraction of sp³-hybridized carbons (Fsp3) is 0.500. The Bertz CT molecular complexity index is 514. The minimum absolute atomic E-state index is 0. The van der Waals surface area contributed by atoms with Crippen molar-refractivity contribution in [1.29, 1.82) is 0 Å². The number of hydrogen-bond donors (Lipinski definition) is 1. The molecule has 1 rings (SSSR count). The maximum atomic E-state index is 11.7. The Labute approximate surface area is 160 Å². The Kier molecular flexibility index (Phi) is 10.9. The Morgan fingerprint density at radius 3 is 2.61 bits per heavy atom. The zero-order chi connectivity index (χ0) is 16.5. The first-order valence-electron chi connectivity index (χ1n) is 7.26. The van der Waals surface area contributed by atoms with Crippen molar-refractivity contribution in [3.63, 3.8) is 0 Å². The number of thiophene rings is 1. The van der Waals surface area contributed by atoms with Crippen LogP contribution in [0.2, 0.25) is 0 Å². The standard InChI is InChI=1S/C16H26N4OS.HI/c1-13(2)11-17-16(18-12-15(21)19(3)4)20(5)9-8-14-7-6-10-22-14;/h6-7,10H,1,8-9,11-12H2,2-5H3,(H,17,18);1H. The third-order valence-electron chi connectivity index (χ3n) is 3.05. The van der Waals surface area contributed by atoms with Crippen LogP contribution in [0.3, 0.4) is 0 Å². The van der Waals surface area contributed by atoms with Gasteiger partial charge < -0.3 is 15.1 Å². The molecule has 1 aromatic rings. The highest BCUT2D eigenvalue weighted by Crippen LogP contribution is 2.09. The van der Waals surface area contributed by atoms with E-state index in [9.17, 15) is 4.79 Å². The monoisotopic (exact) mass is 450 g/mol. The van der Waals surface area contributed by atoms with Crippen LogP contribution in [-0.2, 0) is 11.2 Å². The number of amides is 1. The molecular formula is C16H27IN4OS. The Morgan fingerprint density at radius 1 is 1.39 bits per heavy atom. The van der Waals surface area contributed by atoms with Gasteiger partial charge in [0.05, 0.1) is 0 Å². The van der Waals surface area contributed by atoms with Crippen LogP contribution >= 0.6 is 35.3 Å². The summed E-state index contributed by atoms with van der Waals surface area (Å²) in [6, 6.07) is 4.19. The molecule has 7 heteroatoms. The third-order valence-corrected chi connectivity index (χ3v) is 3.98. The second-order valence-electron chi connectivity index (χ2n) is 5.49. The molecule has 0 bridgehead atoms. The van der Waals surface area contributed by atoms with Crippen LogP contribution in [0.15, 0.2) is 34.7 Å². The Morgan fingerprint density at radius 2 is 2.09 bits per heavy atom. The molecule has 0 aliphatic carbocycles. The fourth-order valence-corrected chi connectivity index (χ4v) is 2.36. The van der Waals surface area contributed by atoms with Crippen molar-refractivity contribution < 1.29 is 4.79 Å². The number of aliphatic imine (C=N–C) groups is 1. The van der Waals surface area contributed by atoms with Crippen LogP contribution in [-0.4, -0.2) is 62.4 Å². The molecule has 0 aromatic carbocycles. The summed E-state index contributed by atoms with van der Waals surface area (Å²) in [5.74, 6) is 0.719. The highest BCUT2D eigenvalue weighted by atomic mass is 127. The summed E-state index contributed by atoms with van der Waals surface area (Å²) in [5, 5.41) is 5.34. The summed E-state index contributed by atoms with van der Waals surface area (Å²) >= 11 is 1.76. The summed E-state index contributed by atoms with van der Waals surface area (Å²) in [7, 11) is 5.46. The summed E-state index contributed by atoms with van der Waals surface area (Å²) in [6.07, 6.45) is 0.962. The lowest BCUT2D eigenvalue weighted by Crippen LogP contribution is -2.41. The number of guanidine groups is 1. The summed E-state index contributed by atoms with van der Waals surface area (Å²) in [6.45, 7) is 7.49. The maximum absolute atomic E-state index is 11.7. The van der Waals surface area contributed by atoms with Crippen LogP contribution in [0.5, 0.6) is 0 Å². The lowest BCUT2D eigenvalue weighted by Gasteiger charge is -2.22. The van der Waals surface area contributed by atoms with Crippen LogP contribution in [0.25, 0.3) is 0 Å². The van der Waals surface area contributed by atoms with Gasteiger partial charge in [0.15, 0.2) is 5.96 Å². The zero-order valence-corrected chi connectivity index (χ0v) is 17.5. The van der Waals surface area contributed by atoms with E-state index in [1.807, 2.05) is 18.9 Å². The fourth-order valence-electron chi connectivity index (χ4n) is 1.66. The zero-order valence-electron chi connectivity index (χ0n) is 14.3. The molecule has 0 fully saturated rings. The van der Waals surface area contributed by atoms with E-state index in [2.05, 4.69) is 34.4 Å². The minimum atomic E-state index is -0.0127. The topological polar surface area (TPSA) is 47.9 Å². The highest BCUT2D eigenvalue weighted by molar-refractivity contribution is 14.0. The van der Waals surface area contributed by atoms with Crippen LogP contribution in [0.4, 0.5) is 0 Å². The van der Waals surface area contributed by atoms with E-state index in [-0.39, 0.29) is 36.4 Å². The summed E-state index contributed by atoms with van der Waals surface area (Å²) in [5.41, 5.74) is 1.03. The van der Waals surface area contributed by atoms with Gasteiger partial charge in [-0.15, -0.1) is 35.3 Å². The maximum Gasteiger partial charge on any atom is 0.243 e. The van der Waals surface area contributed by atoms with Crippen molar-refractivity contribution in [2.24, 2.45) is 4.99 Å². The van der Waals surface area contributed by atoms with Crippen molar-refractivity contribution in [2.45, 2.75) is 13.3 Å². The number of nitrogens with one attached hydrogen (secondary N) is 1. The first-order chi connectivity index (χ1) is 10.4. The van der Waals surface area contributed by atoms with Gasteiger partial charge in [0.25, 0.3) is 0 Å². The minimum Gasteiger partial charge on any atom is -0.353 e. The number of carbonyl (C=O) groups excluding carboxylic acids is 1. The van der Waals surface area contributed by atoms with Crippen molar-refractivity contribution in [3.05, 3.63) is 34.5 Å². The summed E-state index contributed by atoms with van der Waals surface area (Å²) in [4.78, 5) is 21.1. The number of likely N-dealkylation sites (N-methyl/N-ethyl adjacent to an activating group) is 2. The van der Waals surface area contributed by atoms with Gasteiger partial charge >= 0.3 is 0 Å². The predicted molar refractivity (Wildman–Crippen MR) is 110 cm³/mol. The Balaban J connectivity index is 0.00000484. The number of rotatable bonds is 7. The summed E-state index contributed by atoms with van der Waals surface area (Å²) < 4.78 is 0. The number of nitrogens with zero attached hydrogens (tertiary/aromatic N) is 3. The second-order valence-corrected chi connectivity index (χ2v) is 6.52. The van der Waals surface area contributed by atoms with Gasteiger partial charge in [0.1, 0.15) is 6.54 Å². The van der Waals surface area contributed by atoms with Gasteiger partial charge in [-0.05, 0) is 24.8 Å². The van der Waals surface area contributed by atoms with Crippen molar-refractivity contribution >= 4 is 47.2 Å². The van der Waals surface area contributed by atoms with E-state index in [4.69, 9.17) is 0 Å². The van der Waals surface area contributed by atoms with Gasteiger partial charge in [-0.3, -0.25) is 4.79 Å². The first-order valence-corrected chi connectivity index (χ1v) is 8.14. The van der Waals surface area contributed by atoms with E-state index >= 15 is 0 Å². The molecule has 1 heterocycles. The number of halogens is 1. The SMILES string of the molecule is C=C(C)CNC(=NCC(=O)N(C)C)N(C)CCc1cccs1.I. The van der Waals surface area contributed by atoms with E-state index in [0.717, 1.165) is 24.5 Å². The van der Waals surface area contributed by atoms with Crippen LogP contribution in [0, 0.1) is 0 Å². The molecule has 0 aliphatic heterocycles. The van der Waals surface area contributed by atoms with E-state index in [0.29, 0.717) is 6.54 Å². The van der Waals surface area contributed by atoms with E-state index in [1.54, 1.807) is 30.3 Å². The third kappa shape index (κ3) is 8.95. The van der Waals surface area contributed by atoms with Gasteiger partial charge in [-0.1, -0.05) is 18.2 Å². The largest absolute Gasteiger partial charge is 0.353 e. The van der Waals surface area contributed by atoms with E-state index < -0.39 is 0 Å².